The van der Waals surface area contributed by atoms with Crippen molar-refractivity contribution < 1.29 is 0 Å². The van der Waals surface area contributed by atoms with Gasteiger partial charge < -0.3 is 10.6 Å². The molecule has 1 unspecified atom stereocenters. The first kappa shape index (κ1) is 11.8. The third-order valence-corrected chi connectivity index (χ3v) is 3.68. The lowest BCUT2D eigenvalue weighted by Gasteiger charge is -2.19. The number of rotatable bonds is 2. The minimum atomic E-state index is 0.348. The van der Waals surface area contributed by atoms with Crippen LogP contribution in [0.1, 0.15) is 19.8 Å². The van der Waals surface area contributed by atoms with Crippen LogP contribution in [-0.2, 0) is 0 Å². The van der Waals surface area contributed by atoms with Crippen molar-refractivity contribution in [3.63, 3.8) is 0 Å². The van der Waals surface area contributed by atoms with Gasteiger partial charge in [-0.1, -0.05) is 36.5 Å². The monoisotopic (exact) mass is 259 g/mol. The van der Waals surface area contributed by atoms with Gasteiger partial charge in [0.2, 0.25) is 0 Å². The summed E-state index contributed by atoms with van der Waals surface area (Å²) in [5, 5.41) is 0.996. The molecule has 88 valence electrons. The van der Waals surface area contributed by atoms with Gasteiger partial charge in [0.15, 0.2) is 0 Å². The lowest BCUT2D eigenvalue weighted by molar-refractivity contribution is 0.569. The molecule has 0 bridgehead atoms. The smallest absolute Gasteiger partial charge is 0.149 e. The fraction of sp³-hybridized carbons (Fsp3) is 0.545. The summed E-state index contributed by atoms with van der Waals surface area (Å²) < 4.78 is 0. The van der Waals surface area contributed by atoms with E-state index in [2.05, 4.69) is 16.8 Å². The van der Waals surface area contributed by atoms with Crippen LogP contribution < -0.4 is 10.6 Å². The molecule has 2 N–H and O–H groups in total. The summed E-state index contributed by atoms with van der Waals surface area (Å²) in [6.45, 7) is 4.20. The first-order valence-electron chi connectivity index (χ1n) is 5.48. The van der Waals surface area contributed by atoms with E-state index in [9.17, 15) is 0 Å². The molecule has 1 aromatic heterocycles. The zero-order valence-electron chi connectivity index (χ0n) is 9.21. The highest BCUT2D eigenvalue weighted by molar-refractivity contribution is 6.37. The largest absolute Gasteiger partial charge is 0.382 e. The zero-order chi connectivity index (χ0) is 11.7. The summed E-state index contributed by atoms with van der Waals surface area (Å²) in [5.41, 5.74) is 5.70. The Morgan fingerprint density at radius 3 is 2.88 bits per heavy atom. The molecule has 0 spiro atoms. The van der Waals surface area contributed by atoms with Crippen LogP contribution in [0.2, 0.25) is 10.0 Å². The quantitative estimate of drug-likeness (QED) is 0.887. The molecule has 1 aromatic rings. The predicted octanol–water partition coefficient (Wildman–Crippen LogP) is 3.21. The molecule has 1 atom stereocenters. The van der Waals surface area contributed by atoms with E-state index < -0.39 is 0 Å². The molecule has 1 aliphatic rings. The molecule has 0 amide bonds. The Hall–Kier alpha value is -0.670. The maximum atomic E-state index is 6.13. The number of nitrogen functional groups attached to an aromatic ring is 1. The normalized spacial score (nSPS) is 20.4. The maximum absolute atomic E-state index is 6.13. The minimum Gasteiger partial charge on any atom is -0.382 e. The summed E-state index contributed by atoms with van der Waals surface area (Å²) in [6, 6.07) is 1.67. The van der Waals surface area contributed by atoms with E-state index in [4.69, 9.17) is 28.9 Å². The van der Waals surface area contributed by atoms with Crippen molar-refractivity contribution in [3.8, 4) is 0 Å². The summed E-state index contributed by atoms with van der Waals surface area (Å²) >= 11 is 12.0. The molecule has 0 radical (unpaired) electrons. The van der Waals surface area contributed by atoms with Crippen molar-refractivity contribution in [3.05, 3.63) is 16.1 Å². The van der Waals surface area contributed by atoms with Gasteiger partial charge in [0, 0.05) is 13.1 Å². The standard InChI is InChI=1S/C11H15Cl2N3/c1-2-7-3-4-16(6-7)11-9(13)5-8(12)10(14)15-11/h5,7H,2-4,6H2,1H3,(H2,14,15). The van der Waals surface area contributed by atoms with E-state index in [1.54, 1.807) is 6.07 Å². The molecule has 2 heterocycles. The number of halogens is 2. The van der Waals surface area contributed by atoms with E-state index in [1.807, 2.05) is 0 Å². The summed E-state index contributed by atoms with van der Waals surface area (Å²) in [4.78, 5) is 6.45. The summed E-state index contributed by atoms with van der Waals surface area (Å²) in [6.07, 6.45) is 2.38. The molecule has 16 heavy (non-hydrogen) atoms. The third-order valence-electron chi connectivity index (χ3n) is 3.10. The summed E-state index contributed by atoms with van der Waals surface area (Å²) in [5.74, 6) is 1.84. The van der Waals surface area contributed by atoms with Crippen molar-refractivity contribution in [1.29, 1.82) is 0 Å². The van der Waals surface area contributed by atoms with E-state index >= 15 is 0 Å². The van der Waals surface area contributed by atoms with Gasteiger partial charge >= 0.3 is 0 Å². The second kappa shape index (κ2) is 4.68. The molecule has 1 aliphatic heterocycles. The van der Waals surface area contributed by atoms with Gasteiger partial charge in [-0.05, 0) is 18.4 Å². The molecule has 0 saturated carbocycles. The number of hydrogen-bond acceptors (Lipinski definition) is 3. The number of hydrogen-bond donors (Lipinski definition) is 1. The van der Waals surface area contributed by atoms with Crippen molar-refractivity contribution in [1.82, 2.24) is 4.98 Å². The van der Waals surface area contributed by atoms with E-state index in [0.29, 0.717) is 15.9 Å². The maximum Gasteiger partial charge on any atom is 0.149 e. The fourth-order valence-electron chi connectivity index (χ4n) is 2.05. The molecule has 1 saturated heterocycles. The molecular formula is C11H15Cl2N3. The van der Waals surface area contributed by atoms with Crippen molar-refractivity contribution in [2.45, 2.75) is 19.8 Å². The topological polar surface area (TPSA) is 42.2 Å². The predicted molar refractivity (Wildman–Crippen MR) is 69.3 cm³/mol. The van der Waals surface area contributed by atoms with Gasteiger partial charge in [0.1, 0.15) is 11.6 Å². The summed E-state index contributed by atoms with van der Waals surface area (Å²) in [7, 11) is 0. The van der Waals surface area contributed by atoms with Crippen LogP contribution in [0.5, 0.6) is 0 Å². The van der Waals surface area contributed by atoms with Crippen molar-refractivity contribution in [2.75, 3.05) is 23.7 Å². The molecule has 0 aliphatic carbocycles. The van der Waals surface area contributed by atoms with Crippen LogP contribution in [0.4, 0.5) is 11.6 Å². The van der Waals surface area contributed by atoms with E-state index in [0.717, 1.165) is 24.8 Å². The van der Waals surface area contributed by atoms with Gasteiger partial charge in [0.05, 0.1) is 10.0 Å². The highest BCUT2D eigenvalue weighted by Crippen LogP contribution is 2.33. The lowest BCUT2D eigenvalue weighted by Crippen LogP contribution is -2.21. The number of nitrogens with two attached hydrogens (primary N) is 1. The SMILES string of the molecule is CCC1CCN(c2nc(N)c(Cl)cc2Cl)C1. The average molecular weight is 260 g/mol. The van der Waals surface area contributed by atoms with E-state index in [-0.39, 0.29) is 0 Å². The van der Waals surface area contributed by atoms with Crippen molar-refractivity contribution in [2.24, 2.45) is 5.92 Å². The van der Waals surface area contributed by atoms with Gasteiger partial charge in [0.25, 0.3) is 0 Å². The highest BCUT2D eigenvalue weighted by Gasteiger charge is 2.24. The molecule has 5 heteroatoms. The fourth-order valence-corrected chi connectivity index (χ4v) is 2.53. The number of nitrogens with zero attached hydrogens (tertiary/aromatic N) is 2. The number of pyridine rings is 1. The van der Waals surface area contributed by atoms with Crippen LogP contribution in [0.15, 0.2) is 6.07 Å². The molecule has 0 aromatic carbocycles. The molecule has 3 nitrogen and oxygen atoms in total. The molecule has 1 fully saturated rings. The average Bonchev–Trinajstić information content (AvgIpc) is 2.71. The van der Waals surface area contributed by atoms with Crippen LogP contribution in [0.3, 0.4) is 0 Å². The number of anilines is 2. The third kappa shape index (κ3) is 2.20. The Balaban J connectivity index is 2.24. The van der Waals surface area contributed by atoms with Crippen LogP contribution in [0.25, 0.3) is 0 Å². The number of aromatic nitrogens is 1. The molecular weight excluding hydrogens is 245 g/mol. The minimum absolute atomic E-state index is 0.348. The Bertz CT molecular complexity index is 395. The lowest BCUT2D eigenvalue weighted by atomic mass is 10.1. The van der Waals surface area contributed by atoms with Gasteiger partial charge in [-0.2, -0.15) is 0 Å². The van der Waals surface area contributed by atoms with Crippen LogP contribution >= 0.6 is 23.2 Å². The Morgan fingerprint density at radius 1 is 1.50 bits per heavy atom. The first-order chi connectivity index (χ1) is 7.61. The molecule has 2 rings (SSSR count). The highest BCUT2D eigenvalue weighted by atomic mass is 35.5. The zero-order valence-corrected chi connectivity index (χ0v) is 10.7. The van der Waals surface area contributed by atoms with E-state index in [1.165, 1.54) is 12.8 Å². The second-order valence-corrected chi connectivity index (χ2v) is 4.98. The van der Waals surface area contributed by atoms with Gasteiger partial charge in [-0.15, -0.1) is 0 Å². The van der Waals surface area contributed by atoms with Gasteiger partial charge in [-0.25, -0.2) is 4.98 Å². The Kier molecular flexibility index (Phi) is 3.45. The second-order valence-electron chi connectivity index (χ2n) is 4.17. The van der Waals surface area contributed by atoms with Crippen molar-refractivity contribution >= 4 is 34.8 Å². The first-order valence-corrected chi connectivity index (χ1v) is 6.24. The van der Waals surface area contributed by atoms with Crippen LogP contribution in [-0.4, -0.2) is 18.1 Å². The Morgan fingerprint density at radius 2 is 2.25 bits per heavy atom. The van der Waals surface area contributed by atoms with Gasteiger partial charge in [-0.3, -0.25) is 0 Å². The Labute approximate surface area is 106 Å². The van der Waals surface area contributed by atoms with Crippen LogP contribution in [0, 0.1) is 5.92 Å².